The highest BCUT2D eigenvalue weighted by atomic mass is 19.4. The number of anilines is 1. The number of amides is 3. The van der Waals surface area contributed by atoms with Gasteiger partial charge in [0.25, 0.3) is 5.91 Å². The van der Waals surface area contributed by atoms with Crippen LogP contribution in [0.1, 0.15) is 31.2 Å². The molecule has 1 aromatic rings. The molecule has 25 heavy (non-hydrogen) atoms. The Kier molecular flexibility index (Phi) is 3.30. The molecule has 2 aliphatic heterocycles. The van der Waals surface area contributed by atoms with Crippen molar-refractivity contribution in [2.45, 2.75) is 43.4 Å². The zero-order valence-corrected chi connectivity index (χ0v) is 13.4. The van der Waals surface area contributed by atoms with Crippen molar-refractivity contribution in [2.24, 2.45) is 5.92 Å². The summed E-state index contributed by atoms with van der Waals surface area (Å²) in [6, 6.07) is 3.85. The standard InChI is InChI=1S/C18H17F3N2O2/c1-2-8-17-11-6-7-14(9-11)23(17)16(25)22(15(17)24)13-5-3-4-12(10-13)18(19,20)21/h2-5,10-11,14H,1,6-9H2/t11-,14+,17+/m1/s1. The SMILES string of the molecule is C=CC[C@]12C(=O)N(c3cccc(C(F)(F)F)c3)C(=O)N1[C@H]1CC[C@@H]2C1. The maximum Gasteiger partial charge on any atom is 0.416 e. The van der Waals surface area contributed by atoms with Crippen molar-refractivity contribution < 1.29 is 22.8 Å². The van der Waals surface area contributed by atoms with Gasteiger partial charge in [0.15, 0.2) is 0 Å². The molecule has 0 aromatic heterocycles. The van der Waals surface area contributed by atoms with Crippen LogP contribution in [-0.2, 0) is 11.0 Å². The average molecular weight is 350 g/mol. The molecule has 1 aromatic carbocycles. The van der Waals surface area contributed by atoms with Crippen LogP contribution in [0.5, 0.6) is 0 Å². The van der Waals surface area contributed by atoms with Gasteiger partial charge >= 0.3 is 12.2 Å². The maximum atomic E-state index is 13.2. The van der Waals surface area contributed by atoms with Crippen LogP contribution >= 0.6 is 0 Å². The number of rotatable bonds is 3. The van der Waals surface area contributed by atoms with Crippen molar-refractivity contribution in [1.82, 2.24) is 4.90 Å². The number of hydrogen-bond acceptors (Lipinski definition) is 2. The molecular formula is C18H17F3N2O2. The lowest BCUT2D eigenvalue weighted by atomic mass is 9.80. The normalized spacial score (nSPS) is 31.0. The Labute approximate surface area is 142 Å². The predicted octanol–water partition coefficient (Wildman–Crippen LogP) is 3.97. The zero-order chi connectivity index (χ0) is 18.0. The number of urea groups is 1. The van der Waals surface area contributed by atoms with Gasteiger partial charge in [-0.05, 0) is 49.8 Å². The van der Waals surface area contributed by atoms with Crippen molar-refractivity contribution in [3.8, 4) is 0 Å². The summed E-state index contributed by atoms with van der Waals surface area (Å²) in [6.45, 7) is 3.71. The molecule has 0 radical (unpaired) electrons. The van der Waals surface area contributed by atoms with E-state index in [2.05, 4.69) is 6.58 Å². The fraction of sp³-hybridized carbons (Fsp3) is 0.444. The molecule has 2 saturated heterocycles. The first-order valence-corrected chi connectivity index (χ1v) is 8.26. The highest BCUT2D eigenvalue weighted by molar-refractivity contribution is 6.24. The van der Waals surface area contributed by atoms with Crippen molar-refractivity contribution in [3.05, 3.63) is 42.5 Å². The quantitative estimate of drug-likeness (QED) is 0.611. The van der Waals surface area contributed by atoms with Crippen LogP contribution in [0.3, 0.4) is 0 Å². The summed E-state index contributed by atoms with van der Waals surface area (Å²) in [5.74, 6) is -0.383. The Balaban J connectivity index is 1.79. The van der Waals surface area contributed by atoms with Crippen molar-refractivity contribution in [3.63, 3.8) is 0 Å². The van der Waals surface area contributed by atoms with E-state index in [0.717, 1.165) is 36.3 Å². The molecule has 3 amide bonds. The molecular weight excluding hydrogens is 333 g/mol. The van der Waals surface area contributed by atoms with Gasteiger partial charge in [-0.1, -0.05) is 12.1 Å². The fourth-order valence-corrected chi connectivity index (χ4v) is 4.76. The van der Waals surface area contributed by atoms with E-state index in [9.17, 15) is 22.8 Å². The van der Waals surface area contributed by atoms with Crippen LogP contribution in [0, 0.1) is 5.92 Å². The number of carbonyl (C=O) groups excluding carboxylic acids is 2. The summed E-state index contributed by atoms with van der Waals surface area (Å²) in [7, 11) is 0. The largest absolute Gasteiger partial charge is 0.416 e. The van der Waals surface area contributed by atoms with E-state index < -0.39 is 29.2 Å². The fourth-order valence-electron chi connectivity index (χ4n) is 4.76. The third kappa shape index (κ3) is 2.01. The second-order valence-corrected chi connectivity index (χ2v) is 6.92. The number of imide groups is 1. The first kappa shape index (κ1) is 16.2. The molecule has 0 spiro atoms. The molecule has 4 rings (SSSR count). The van der Waals surface area contributed by atoms with E-state index in [1.54, 1.807) is 11.0 Å². The molecule has 2 heterocycles. The van der Waals surface area contributed by atoms with Gasteiger partial charge in [0.1, 0.15) is 5.54 Å². The number of fused-ring (bicyclic) bond motifs is 5. The molecule has 2 bridgehead atoms. The number of carbonyl (C=O) groups is 2. The molecule has 3 atom stereocenters. The van der Waals surface area contributed by atoms with Gasteiger partial charge < -0.3 is 4.90 Å². The monoisotopic (exact) mass is 350 g/mol. The van der Waals surface area contributed by atoms with Gasteiger partial charge in [-0.25, -0.2) is 9.69 Å². The molecule has 3 fully saturated rings. The van der Waals surface area contributed by atoms with Crippen molar-refractivity contribution in [2.75, 3.05) is 4.90 Å². The van der Waals surface area contributed by atoms with Crippen LogP contribution < -0.4 is 4.90 Å². The van der Waals surface area contributed by atoms with E-state index >= 15 is 0 Å². The molecule has 4 nitrogen and oxygen atoms in total. The number of piperidine rings is 1. The van der Waals surface area contributed by atoms with Crippen LogP contribution in [-0.4, -0.2) is 28.4 Å². The minimum Gasteiger partial charge on any atom is -0.306 e. The van der Waals surface area contributed by atoms with Gasteiger partial charge in [-0.15, -0.1) is 6.58 Å². The minimum absolute atomic E-state index is 0.0165. The molecule has 3 aliphatic rings. The summed E-state index contributed by atoms with van der Waals surface area (Å²) in [5.41, 5.74) is -1.88. The lowest BCUT2D eigenvalue weighted by Crippen LogP contribution is -2.53. The van der Waals surface area contributed by atoms with Gasteiger partial charge in [-0.2, -0.15) is 13.2 Å². The van der Waals surface area contributed by atoms with Crippen LogP contribution in [0.15, 0.2) is 36.9 Å². The molecule has 1 aliphatic carbocycles. The number of benzene rings is 1. The summed E-state index contributed by atoms with van der Waals surface area (Å²) in [4.78, 5) is 28.7. The average Bonchev–Trinajstić information content (AvgIpc) is 3.20. The second-order valence-electron chi connectivity index (χ2n) is 6.92. The van der Waals surface area contributed by atoms with Gasteiger partial charge in [-0.3, -0.25) is 4.79 Å². The summed E-state index contributed by atoms with van der Waals surface area (Å²) in [6.07, 6.45) is -0.121. The maximum absolute atomic E-state index is 13.2. The topological polar surface area (TPSA) is 40.6 Å². The summed E-state index contributed by atoms with van der Waals surface area (Å²) in [5, 5.41) is 0. The Morgan fingerprint density at radius 2 is 2.04 bits per heavy atom. The van der Waals surface area contributed by atoms with Gasteiger partial charge in [0, 0.05) is 6.04 Å². The van der Waals surface area contributed by atoms with Crippen molar-refractivity contribution >= 4 is 17.6 Å². The highest BCUT2D eigenvalue weighted by Gasteiger charge is 2.68. The van der Waals surface area contributed by atoms with Crippen LogP contribution in [0.2, 0.25) is 0 Å². The third-order valence-corrected chi connectivity index (χ3v) is 5.73. The van der Waals surface area contributed by atoms with E-state index in [1.165, 1.54) is 12.1 Å². The number of alkyl halides is 3. The number of hydrogen-bond donors (Lipinski definition) is 0. The second kappa shape index (κ2) is 5.09. The Morgan fingerprint density at radius 1 is 1.28 bits per heavy atom. The number of nitrogens with zero attached hydrogens (tertiary/aromatic N) is 2. The zero-order valence-electron chi connectivity index (χ0n) is 13.4. The Bertz CT molecular complexity index is 776. The highest BCUT2D eigenvalue weighted by Crippen LogP contribution is 2.55. The molecule has 0 unspecified atom stereocenters. The van der Waals surface area contributed by atoms with Crippen LogP contribution in [0.4, 0.5) is 23.7 Å². The van der Waals surface area contributed by atoms with E-state index in [0.29, 0.717) is 6.42 Å². The van der Waals surface area contributed by atoms with E-state index in [1.807, 2.05) is 0 Å². The summed E-state index contributed by atoms with van der Waals surface area (Å²) < 4.78 is 39.0. The molecule has 7 heteroatoms. The first-order chi connectivity index (χ1) is 11.8. The van der Waals surface area contributed by atoms with Crippen LogP contribution in [0.25, 0.3) is 0 Å². The van der Waals surface area contributed by atoms with Crippen molar-refractivity contribution in [1.29, 1.82) is 0 Å². The Morgan fingerprint density at radius 3 is 2.72 bits per heavy atom. The third-order valence-electron chi connectivity index (χ3n) is 5.73. The number of halogens is 3. The Hall–Kier alpha value is -2.31. The molecule has 132 valence electrons. The van der Waals surface area contributed by atoms with Gasteiger partial charge in [0.05, 0.1) is 11.3 Å². The lowest BCUT2D eigenvalue weighted by Gasteiger charge is -2.37. The smallest absolute Gasteiger partial charge is 0.306 e. The summed E-state index contributed by atoms with van der Waals surface area (Å²) >= 11 is 0. The van der Waals surface area contributed by atoms with E-state index in [4.69, 9.17) is 0 Å². The minimum atomic E-state index is -4.53. The molecule has 0 N–H and O–H groups in total. The lowest BCUT2D eigenvalue weighted by molar-refractivity contribution is -0.137. The van der Waals surface area contributed by atoms with E-state index in [-0.39, 0.29) is 17.6 Å². The predicted molar refractivity (Wildman–Crippen MR) is 84.8 cm³/mol. The first-order valence-electron chi connectivity index (χ1n) is 8.26. The van der Waals surface area contributed by atoms with Gasteiger partial charge in [0.2, 0.25) is 0 Å². The molecule has 1 saturated carbocycles.